The van der Waals surface area contributed by atoms with Crippen LogP contribution in [0, 0.1) is 5.92 Å². The minimum Gasteiger partial charge on any atom is -0.508 e. The Morgan fingerprint density at radius 2 is 1.32 bits per heavy atom. The van der Waals surface area contributed by atoms with Crippen LogP contribution in [0.4, 0.5) is 0 Å². The first kappa shape index (κ1) is 92.0. The molecule has 0 radical (unpaired) electrons. The average Bonchev–Trinajstić information content (AvgIpc) is 0.765. The van der Waals surface area contributed by atoms with Crippen molar-refractivity contribution in [3.05, 3.63) is 147 Å². The Morgan fingerprint density at radius 1 is 0.689 bits per heavy atom. The Labute approximate surface area is 710 Å². The smallest absolute Gasteiger partial charge is 0.330 e. The fourth-order valence-electron chi connectivity index (χ4n) is 15.2. The summed E-state index contributed by atoms with van der Waals surface area (Å²) >= 11 is 14.3. The van der Waals surface area contributed by atoms with Crippen LogP contribution in [0.15, 0.2) is 103 Å². The standard InChI is InChI=1S/C84H102Cl2N10O26/c1-7-8-9-10-11-12-25-116-46-18-13-40(14-19-46)35-89-36-61(102)96-84(5)34-62(117-39(4)75(84)107)121-74-72(106)71(105)59(37-97)120-83(74)122-73-57-30-44-31-58(73)119-56-23-17-43(29-50(56)86)70(104)68-81(113)93-66(82(114)115)48-32-45(98)33-54(100)63(48)47-27-41(15-21-53(47)99)64(78(110)95-68)92-79(111)65(44)91-76(108)51(20-24-60(87)101)90-80(112)67(94-77(109)52(88-6)26-38(2)3)69(103)42-16-22-55(118-57)49(85)28-42/h13-19,21-23,27-33,38-39,51-52,59,62,64-72,74-75,83,88-89,97-100,103-107H,7-12,20,24-26,34-37H2,1-6H3,(H2,87,101)(H,90,112)(H,91,108)(H,92,111)(H,93,113)(H,94,109)(H,95,110)(H,96,102)(H,114,115)/t39-,51-,52+,59+,62-,64+,65+,66+,67+,68-,69+,70+,71+,72-,74+,75+,83-,84-/m0/s1. The van der Waals surface area contributed by atoms with Gasteiger partial charge in [-0.05, 0) is 141 Å². The Kier molecular flexibility index (Phi) is 30.6. The number of aromatic hydroxyl groups is 3. The monoisotopic (exact) mass is 1740 g/mol. The fourth-order valence-corrected chi connectivity index (χ4v) is 15.6. The van der Waals surface area contributed by atoms with Gasteiger partial charge in [-0.2, -0.15) is 0 Å². The van der Waals surface area contributed by atoms with Crippen LogP contribution in [-0.2, 0) is 63.9 Å². The van der Waals surface area contributed by atoms with E-state index in [0.29, 0.717) is 12.4 Å². The van der Waals surface area contributed by atoms with Crippen LogP contribution in [0.3, 0.4) is 0 Å². The van der Waals surface area contributed by atoms with Gasteiger partial charge in [0.05, 0.1) is 47.5 Å². The summed E-state index contributed by atoms with van der Waals surface area (Å²) in [4.78, 5) is 132. The van der Waals surface area contributed by atoms with Gasteiger partial charge in [-0.3, -0.25) is 38.4 Å². The number of aliphatic carboxylic acids is 1. The number of phenols is 3. The van der Waals surface area contributed by atoms with Gasteiger partial charge in [0.25, 0.3) is 0 Å². The summed E-state index contributed by atoms with van der Waals surface area (Å²) in [6.45, 7) is 8.40. The number of rotatable bonds is 27. The predicted octanol–water partition coefficient (Wildman–Crippen LogP) is 4.18. The molecule has 21 N–H and O–H groups in total. The van der Waals surface area contributed by atoms with Crippen LogP contribution in [0.25, 0.3) is 11.1 Å². The molecule has 7 aliphatic heterocycles. The molecule has 7 aliphatic rings. The van der Waals surface area contributed by atoms with Crippen molar-refractivity contribution in [3.8, 4) is 62.9 Å². The first-order chi connectivity index (χ1) is 58.1. The third kappa shape index (κ3) is 21.8. The summed E-state index contributed by atoms with van der Waals surface area (Å²) in [5, 5.41) is 140. The number of nitrogens with one attached hydrogen (secondary N) is 9. The molecule has 0 unspecified atom stereocenters. The van der Waals surface area contributed by atoms with Crippen LogP contribution >= 0.6 is 23.2 Å². The van der Waals surface area contributed by atoms with Crippen molar-refractivity contribution in [1.29, 1.82) is 0 Å². The lowest BCUT2D eigenvalue weighted by atomic mass is 9.85. The van der Waals surface area contributed by atoms with E-state index in [2.05, 4.69) is 54.8 Å². The highest BCUT2D eigenvalue weighted by atomic mass is 35.5. The molecule has 0 saturated carbocycles. The van der Waals surface area contributed by atoms with Crippen molar-refractivity contribution in [2.24, 2.45) is 11.7 Å². The summed E-state index contributed by atoms with van der Waals surface area (Å²) in [5.74, 6) is -15.6. The number of hydrogen-bond donors (Lipinski definition) is 20. The molecule has 0 spiro atoms. The second-order valence-corrected chi connectivity index (χ2v) is 32.2. The van der Waals surface area contributed by atoms with E-state index < -0.39 is 249 Å². The van der Waals surface area contributed by atoms with Crippen molar-refractivity contribution in [2.45, 2.75) is 215 Å². The quantitative estimate of drug-likeness (QED) is 0.0322. The second-order valence-electron chi connectivity index (χ2n) is 31.4. The molecule has 8 amide bonds. The number of amides is 8. The highest BCUT2D eigenvalue weighted by Crippen LogP contribution is 2.50. The number of aliphatic hydroxyl groups excluding tert-OH is 6. The van der Waals surface area contributed by atoms with Crippen molar-refractivity contribution in [3.63, 3.8) is 0 Å². The number of nitrogens with two attached hydrogens (primary N) is 1. The minimum atomic E-state index is -2.35. The van der Waals surface area contributed by atoms with Gasteiger partial charge in [0.1, 0.15) is 101 Å². The average molecular weight is 1740 g/mol. The van der Waals surface area contributed by atoms with Gasteiger partial charge in [-0.15, -0.1) is 0 Å². The van der Waals surface area contributed by atoms with E-state index in [4.69, 9.17) is 62.1 Å². The first-order valence-corrected chi connectivity index (χ1v) is 40.7. The number of hydrogen-bond acceptors (Lipinski definition) is 27. The van der Waals surface area contributed by atoms with Crippen LogP contribution in [0.5, 0.6) is 51.7 Å². The maximum Gasteiger partial charge on any atom is 0.330 e. The Hall–Kier alpha value is -10.7. The molecule has 38 heteroatoms. The SMILES string of the molecule is CCCCCCCCOc1ccc(CNCC(=O)N[C@@]2(C)C[C@H](O[C@H]3[C@H](Oc4c5cc6cc4Oc4ccc(cc4Cl)[C@@H](O)[C@@H](NC(=O)[C@@H](CC(C)C)NC)C(=O)N[C@@H](CCC(N)=O)C(=O)N[C@H]6C(=O)N[C@H]4C(=O)N[C@H](C(=O)N[C@@H](C(=O)O)c6cc(O)cc(O)c6-c6cc4ccc6O)[C@H](O)c4ccc(c(Cl)c4)O5)O[C@H](CO)[C@@H](O)[C@@H]3O)O[C@@H](C)[C@H]2O)cc1. The van der Waals surface area contributed by atoms with E-state index in [1.54, 1.807) is 0 Å². The molecule has 13 rings (SSSR count). The lowest BCUT2D eigenvalue weighted by molar-refractivity contribution is -0.334. The zero-order chi connectivity index (χ0) is 88.3. The highest BCUT2D eigenvalue weighted by Gasteiger charge is 2.53. The molecule has 18 atom stereocenters. The molecule has 2 saturated heterocycles. The van der Waals surface area contributed by atoms with E-state index >= 15 is 19.2 Å². The van der Waals surface area contributed by atoms with Gasteiger partial charge in [0.15, 0.2) is 29.9 Å². The normalized spacial score (nSPS) is 26.3. The number of likely N-dealkylation sites (N-methyl/N-ethyl adjacent to an activating group) is 1. The molecular formula is C84H102Cl2N10O26. The molecule has 7 heterocycles. The van der Waals surface area contributed by atoms with Crippen LogP contribution in [-0.4, -0.2) is 210 Å². The van der Waals surface area contributed by atoms with E-state index in [1.165, 1.54) is 45.9 Å². The number of carboxylic acid groups (broad SMARTS) is 1. The number of ether oxygens (including phenoxy) is 7. The van der Waals surface area contributed by atoms with Crippen molar-refractivity contribution in [1.82, 2.24) is 47.9 Å². The third-order valence-electron chi connectivity index (χ3n) is 21.7. The van der Waals surface area contributed by atoms with E-state index in [0.717, 1.165) is 98.0 Å². The summed E-state index contributed by atoms with van der Waals surface area (Å²) in [5.41, 5.74) is 2.08. The fraction of sp³-hybridized carbons (Fsp3) is 0.464. The summed E-state index contributed by atoms with van der Waals surface area (Å²) in [6, 6.07) is 6.93. The van der Waals surface area contributed by atoms with Gasteiger partial charge < -0.3 is 138 Å². The molecular weight excluding hydrogens is 1640 g/mol. The van der Waals surface area contributed by atoms with Crippen molar-refractivity contribution in [2.75, 3.05) is 26.8 Å². The lowest BCUT2D eigenvalue weighted by Crippen LogP contribution is -2.66. The largest absolute Gasteiger partial charge is 0.508 e. The molecule has 11 bridgehead atoms. The number of carbonyl (C=O) groups excluding carboxylic acids is 8. The Balaban J connectivity index is 1.05. The van der Waals surface area contributed by atoms with Crippen molar-refractivity contribution < 1.29 is 127 Å². The number of carboxylic acids is 1. The van der Waals surface area contributed by atoms with Gasteiger partial charge in [0, 0.05) is 42.1 Å². The number of aliphatic hydroxyl groups is 6. The minimum absolute atomic E-state index is 0.107. The molecule has 36 nitrogen and oxygen atoms in total. The van der Waals surface area contributed by atoms with Crippen LogP contribution in [0.2, 0.25) is 10.0 Å². The number of unbranched alkanes of at least 4 members (excludes halogenated alkanes) is 5. The maximum atomic E-state index is 16.3. The number of fused-ring (bicyclic) bond motifs is 15. The molecule has 0 aromatic heterocycles. The van der Waals surface area contributed by atoms with Crippen LogP contribution in [0.1, 0.15) is 163 Å². The number of halogens is 2. The second kappa shape index (κ2) is 40.5. The maximum absolute atomic E-state index is 16.3. The van der Waals surface area contributed by atoms with Gasteiger partial charge in [0.2, 0.25) is 59.3 Å². The van der Waals surface area contributed by atoms with Gasteiger partial charge in [-0.1, -0.05) is 106 Å². The lowest BCUT2D eigenvalue weighted by Gasteiger charge is -2.48. The third-order valence-corrected chi connectivity index (χ3v) is 22.3. The topological polar surface area (TPSA) is 555 Å². The number of phenolic OH excluding ortho intramolecular Hbond substituents is 3. The summed E-state index contributed by atoms with van der Waals surface area (Å²) in [6.07, 6.45) is -13.2. The zero-order valence-electron chi connectivity index (χ0n) is 67.4. The van der Waals surface area contributed by atoms with Crippen LogP contribution < -0.4 is 72.5 Å². The molecule has 6 aromatic rings. The predicted molar refractivity (Wildman–Crippen MR) is 435 cm³/mol. The van der Waals surface area contributed by atoms with E-state index in [-0.39, 0.29) is 59.3 Å². The highest BCUT2D eigenvalue weighted by molar-refractivity contribution is 6.32. The number of carbonyl (C=O) groups is 9. The summed E-state index contributed by atoms with van der Waals surface area (Å²) in [7, 11) is 1.48. The Morgan fingerprint density at radius 3 is 1.95 bits per heavy atom. The van der Waals surface area contributed by atoms with Gasteiger partial charge >= 0.3 is 5.97 Å². The Bertz CT molecular complexity index is 4840. The zero-order valence-corrected chi connectivity index (χ0v) is 69.0. The first-order valence-electron chi connectivity index (χ1n) is 40.0. The van der Waals surface area contributed by atoms with Crippen molar-refractivity contribution >= 4 is 76.4 Å². The number of benzene rings is 6. The number of primary amides is 1. The molecule has 658 valence electrons. The molecule has 0 aliphatic carbocycles. The molecule has 122 heavy (non-hydrogen) atoms. The molecule has 6 aromatic carbocycles. The van der Waals surface area contributed by atoms with E-state index in [9.17, 15) is 75.0 Å². The summed E-state index contributed by atoms with van der Waals surface area (Å²) < 4.78 is 45.3. The molecule has 2 fully saturated rings. The van der Waals surface area contributed by atoms with Gasteiger partial charge in [-0.25, -0.2) is 4.79 Å². The van der Waals surface area contributed by atoms with E-state index in [1.807, 2.05) is 38.1 Å².